The fourth-order valence-corrected chi connectivity index (χ4v) is 3.57. The first kappa shape index (κ1) is 14.0. The Kier molecular flexibility index (Phi) is 3.55. The lowest BCUT2D eigenvalue weighted by atomic mass is 10.0. The average Bonchev–Trinajstić information content (AvgIpc) is 3.23. The molecule has 0 amide bonds. The highest BCUT2D eigenvalue weighted by Crippen LogP contribution is 2.37. The number of rotatable bonds is 4. The zero-order valence-corrected chi connectivity index (χ0v) is 13.4. The van der Waals surface area contributed by atoms with Gasteiger partial charge in [0.2, 0.25) is 0 Å². The number of benzene rings is 1. The van der Waals surface area contributed by atoms with Crippen LogP contribution in [0.5, 0.6) is 0 Å². The van der Waals surface area contributed by atoms with Crippen LogP contribution >= 0.6 is 11.3 Å². The Balaban J connectivity index is 1.79. The molecule has 0 aliphatic rings. The quantitative estimate of drug-likeness (QED) is 0.582. The van der Waals surface area contributed by atoms with Gasteiger partial charge in [-0.1, -0.05) is 24.3 Å². The molecule has 0 bridgehead atoms. The van der Waals surface area contributed by atoms with Gasteiger partial charge in [0.05, 0.1) is 18.2 Å². The second kappa shape index (κ2) is 5.85. The minimum Gasteiger partial charge on any atom is -0.467 e. The molecule has 0 spiro atoms. The summed E-state index contributed by atoms with van der Waals surface area (Å²) in [4.78, 5) is 9.83. The van der Waals surface area contributed by atoms with Crippen molar-refractivity contribution in [1.29, 1.82) is 0 Å². The first-order chi connectivity index (χ1) is 11.3. The van der Waals surface area contributed by atoms with Crippen molar-refractivity contribution in [2.24, 2.45) is 0 Å². The molecule has 0 unspecified atom stereocenters. The number of furan rings is 1. The van der Waals surface area contributed by atoms with Gasteiger partial charge >= 0.3 is 0 Å². The minimum absolute atomic E-state index is 0.599. The van der Waals surface area contributed by atoms with E-state index in [1.54, 1.807) is 23.9 Å². The van der Waals surface area contributed by atoms with E-state index in [2.05, 4.69) is 51.9 Å². The summed E-state index contributed by atoms with van der Waals surface area (Å²) < 4.78 is 5.38. The predicted molar refractivity (Wildman–Crippen MR) is 93.6 cm³/mol. The zero-order valence-electron chi connectivity index (χ0n) is 12.6. The second-order valence-corrected chi connectivity index (χ2v) is 6.16. The smallest absolute Gasteiger partial charge is 0.139 e. The average molecular weight is 321 g/mol. The topological polar surface area (TPSA) is 51.0 Å². The lowest BCUT2D eigenvalue weighted by Gasteiger charge is -2.08. The SMILES string of the molecule is Cc1ccccc1-c1csc2ncnc(NCc3ccco3)c12. The fourth-order valence-electron chi connectivity index (χ4n) is 2.67. The summed E-state index contributed by atoms with van der Waals surface area (Å²) in [5.41, 5.74) is 3.63. The monoisotopic (exact) mass is 321 g/mol. The number of hydrogen-bond donors (Lipinski definition) is 1. The first-order valence-corrected chi connectivity index (χ1v) is 8.25. The number of thiophene rings is 1. The van der Waals surface area contributed by atoms with Crippen molar-refractivity contribution in [3.05, 3.63) is 65.7 Å². The molecule has 4 nitrogen and oxygen atoms in total. The molecular weight excluding hydrogens is 306 g/mol. The molecule has 3 aromatic heterocycles. The first-order valence-electron chi connectivity index (χ1n) is 7.37. The maximum absolute atomic E-state index is 5.38. The highest BCUT2D eigenvalue weighted by molar-refractivity contribution is 7.17. The Bertz CT molecular complexity index is 944. The number of aromatic nitrogens is 2. The van der Waals surface area contributed by atoms with Crippen LogP contribution in [-0.2, 0) is 6.54 Å². The van der Waals surface area contributed by atoms with E-state index in [1.807, 2.05) is 12.1 Å². The van der Waals surface area contributed by atoms with Crippen LogP contribution in [0.2, 0.25) is 0 Å². The van der Waals surface area contributed by atoms with Crippen molar-refractivity contribution in [2.45, 2.75) is 13.5 Å². The lowest BCUT2D eigenvalue weighted by Crippen LogP contribution is -2.01. The molecule has 0 radical (unpaired) electrons. The van der Waals surface area contributed by atoms with E-state index in [1.165, 1.54) is 16.7 Å². The minimum atomic E-state index is 0.599. The van der Waals surface area contributed by atoms with Crippen molar-refractivity contribution in [3.63, 3.8) is 0 Å². The third-order valence-electron chi connectivity index (χ3n) is 3.82. The number of aryl methyl sites for hydroxylation is 1. The van der Waals surface area contributed by atoms with Crippen molar-refractivity contribution in [3.8, 4) is 11.1 Å². The van der Waals surface area contributed by atoms with Crippen molar-refractivity contribution in [1.82, 2.24) is 9.97 Å². The molecule has 5 heteroatoms. The molecule has 4 aromatic rings. The molecule has 4 rings (SSSR count). The van der Waals surface area contributed by atoms with Crippen LogP contribution in [-0.4, -0.2) is 9.97 Å². The molecule has 0 fully saturated rings. The Labute approximate surface area is 137 Å². The number of fused-ring (bicyclic) bond motifs is 1. The largest absolute Gasteiger partial charge is 0.467 e. The van der Waals surface area contributed by atoms with E-state index in [0.29, 0.717) is 6.54 Å². The van der Waals surface area contributed by atoms with Gasteiger partial charge in [-0.15, -0.1) is 11.3 Å². The number of anilines is 1. The highest BCUT2D eigenvalue weighted by Gasteiger charge is 2.14. The van der Waals surface area contributed by atoms with E-state index in [4.69, 9.17) is 4.42 Å². The Morgan fingerprint density at radius 3 is 2.83 bits per heavy atom. The Morgan fingerprint density at radius 1 is 1.09 bits per heavy atom. The summed E-state index contributed by atoms with van der Waals surface area (Å²) in [7, 11) is 0. The molecule has 114 valence electrons. The van der Waals surface area contributed by atoms with Crippen LogP contribution in [0.1, 0.15) is 11.3 Å². The Hall–Kier alpha value is -2.66. The van der Waals surface area contributed by atoms with Crippen molar-refractivity contribution >= 4 is 27.4 Å². The van der Waals surface area contributed by atoms with Gasteiger partial charge in [-0.3, -0.25) is 0 Å². The van der Waals surface area contributed by atoms with Gasteiger partial charge in [0, 0.05) is 10.9 Å². The summed E-state index contributed by atoms with van der Waals surface area (Å²) >= 11 is 1.64. The molecule has 0 aliphatic heterocycles. The summed E-state index contributed by atoms with van der Waals surface area (Å²) in [5.74, 6) is 1.72. The van der Waals surface area contributed by atoms with E-state index in [9.17, 15) is 0 Å². The van der Waals surface area contributed by atoms with Gasteiger partial charge in [-0.2, -0.15) is 0 Å². The van der Waals surface area contributed by atoms with E-state index in [-0.39, 0.29) is 0 Å². The van der Waals surface area contributed by atoms with Crippen LogP contribution in [0.25, 0.3) is 21.3 Å². The van der Waals surface area contributed by atoms with Gasteiger partial charge in [0.1, 0.15) is 22.7 Å². The van der Waals surface area contributed by atoms with Crippen LogP contribution in [0.4, 0.5) is 5.82 Å². The summed E-state index contributed by atoms with van der Waals surface area (Å²) in [5, 5.41) is 6.59. The van der Waals surface area contributed by atoms with Gasteiger partial charge < -0.3 is 9.73 Å². The van der Waals surface area contributed by atoms with Gasteiger partial charge in [-0.05, 0) is 30.2 Å². The van der Waals surface area contributed by atoms with Gasteiger partial charge in [0.25, 0.3) is 0 Å². The fraction of sp³-hybridized carbons (Fsp3) is 0.111. The number of hydrogen-bond acceptors (Lipinski definition) is 5. The third-order valence-corrected chi connectivity index (χ3v) is 4.70. The van der Waals surface area contributed by atoms with Gasteiger partial charge in [-0.25, -0.2) is 9.97 Å². The molecule has 0 saturated heterocycles. The van der Waals surface area contributed by atoms with Crippen molar-refractivity contribution < 1.29 is 4.42 Å². The summed E-state index contributed by atoms with van der Waals surface area (Å²) in [6.07, 6.45) is 3.28. The summed E-state index contributed by atoms with van der Waals surface area (Å²) in [6.45, 7) is 2.72. The standard InChI is InChI=1S/C18H15N3OS/c1-12-5-2-3-7-14(12)15-10-23-18-16(15)17(20-11-21-18)19-9-13-6-4-8-22-13/h2-8,10-11H,9H2,1H3,(H,19,20,21). The second-order valence-electron chi connectivity index (χ2n) is 5.30. The van der Waals surface area contributed by atoms with Crippen LogP contribution in [0, 0.1) is 6.92 Å². The number of nitrogens with zero attached hydrogens (tertiary/aromatic N) is 2. The lowest BCUT2D eigenvalue weighted by molar-refractivity contribution is 0.518. The molecule has 1 aromatic carbocycles. The van der Waals surface area contributed by atoms with Crippen LogP contribution in [0.3, 0.4) is 0 Å². The molecule has 23 heavy (non-hydrogen) atoms. The van der Waals surface area contributed by atoms with Crippen LogP contribution < -0.4 is 5.32 Å². The normalized spacial score (nSPS) is 11.0. The highest BCUT2D eigenvalue weighted by atomic mass is 32.1. The van der Waals surface area contributed by atoms with Crippen molar-refractivity contribution in [2.75, 3.05) is 5.32 Å². The molecule has 0 atom stereocenters. The summed E-state index contributed by atoms with van der Waals surface area (Å²) in [6, 6.07) is 12.2. The van der Waals surface area contributed by atoms with E-state index >= 15 is 0 Å². The predicted octanol–water partition coefficient (Wildman–Crippen LogP) is 4.87. The molecule has 1 N–H and O–H groups in total. The van der Waals surface area contributed by atoms with E-state index in [0.717, 1.165) is 21.8 Å². The molecule has 3 heterocycles. The molecule has 0 aliphatic carbocycles. The zero-order chi connectivity index (χ0) is 15.6. The van der Waals surface area contributed by atoms with E-state index < -0.39 is 0 Å². The maximum atomic E-state index is 5.38. The molecule has 0 saturated carbocycles. The third kappa shape index (κ3) is 2.59. The molecular formula is C18H15N3OS. The number of nitrogens with one attached hydrogen (secondary N) is 1. The van der Waals surface area contributed by atoms with Gasteiger partial charge in [0.15, 0.2) is 0 Å². The maximum Gasteiger partial charge on any atom is 0.139 e. The van der Waals surface area contributed by atoms with Crippen LogP contribution in [0.15, 0.2) is 58.8 Å². The Morgan fingerprint density at radius 2 is 2.00 bits per heavy atom.